The lowest BCUT2D eigenvalue weighted by Crippen LogP contribution is -2.35. The minimum atomic E-state index is -0.756. The normalized spacial score (nSPS) is 10.5. The number of Topliss-reactive ketones (excluding diaryl/α,β-unsaturated/α-hetero) is 1. The van der Waals surface area contributed by atoms with Crippen molar-refractivity contribution in [3.8, 4) is 0 Å². The molecule has 0 aliphatic heterocycles. The standard InChI is InChI=1S/C14H21NO2.C10H13NO2/c1-6-17-14(2,3)13(16)11-7-9-12(10-8-11)15(4)5;1-3-13-10(12)8-4-6-9(11-2)7-5-8/h7-10H,6H2,1-5H3;4-7,11H,3H2,1-2H3. The number of esters is 1. The summed E-state index contributed by atoms with van der Waals surface area (Å²) in [6.07, 6.45) is 0. The predicted octanol–water partition coefficient (Wildman–Crippen LogP) is 4.66. The molecule has 0 bridgehead atoms. The number of nitrogens with zero attached hydrogens (tertiary/aromatic N) is 1. The van der Waals surface area contributed by atoms with Gasteiger partial charge in [0.2, 0.25) is 0 Å². The number of anilines is 2. The molecule has 2 aromatic rings. The zero-order valence-electron chi connectivity index (χ0n) is 19.1. The van der Waals surface area contributed by atoms with Crippen molar-refractivity contribution in [1.82, 2.24) is 0 Å². The number of rotatable bonds is 8. The Morgan fingerprint density at radius 2 is 1.43 bits per heavy atom. The van der Waals surface area contributed by atoms with Gasteiger partial charge in [0.25, 0.3) is 0 Å². The lowest BCUT2D eigenvalue weighted by atomic mass is 9.96. The molecule has 6 heteroatoms. The summed E-state index contributed by atoms with van der Waals surface area (Å²) in [6, 6.07) is 14.7. The van der Waals surface area contributed by atoms with E-state index in [0.29, 0.717) is 24.3 Å². The minimum absolute atomic E-state index is 0.0182. The molecule has 6 nitrogen and oxygen atoms in total. The average Bonchev–Trinajstić information content (AvgIpc) is 2.74. The minimum Gasteiger partial charge on any atom is -0.462 e. The molecule has 164 valence electrons. The van der Waals surface area contributed by atoms with E-state index in [1.807, 2.05) is 69.4 Å². The number of benzene rings is 2. The number of ketones is 1. The van der Waals surface area contributed by atoms with Gasteiger partial charge >= 0.3 is 5.97 Å². The second-order valence-electron chi connectivity index (χ2n) is 7.26. The highest BCUT2D eigenvalue weighted by Gasteiger charge is 2.28. The molecule has 0 amide bonds. The van der Waals surface area contributed by atoms with Crippen LogP contribution in [0.1, 0.15) is 48.4 Å². The molecule has 0 radical (unpaired) electrons. The zero-order chi connectivity index (χ0) is 22.7. The van der Waals surface area contributed by atoms with Gasteiger partial charge in [0, 0.05) is 44.7 Å². The molecule has 1 N–H and O–H groups in total. The van der Waals surface area contributed by atoms with Crippen molar-refractivity contribution < 1.29 is 19.1 Å². The van der Waals surface area contributed by atoms with Crippen molar-refractivity contribution in [3.63, 3.8) is 0 Å². The lowest BCUT2D eigenvalue weighted by Gasteiger charge is -2.23. The number of carbonyl (C=O) groups is 2. The van der Waals surface area contributed by atoms with E-state index in [4.69, 9.17) is 9.47 Å². The van der Waals surface area contributed by atoms with E-state index < -0.39 is 5.60 Å². The van der Waals surface area contributed by atoms with E-state index in [2.05, 4.69) is 5.32 Å². The highest BCUT2D eigenvalue weighted by molar-refractivity contribution is 6.02. The van der Waals surface area contributed by atoms with Crippen LogP contribution in [0.25, 0.3) is 0 Å². The van der Waals surface area contributed by atoms with E-state index >= 15 is 0 Å². The topological polar surface area (TPSA) is 67.9 Å². The van der Waals surface area contributed by atoms with Crippen molar-refractivity contribution >= 4 is 23.1 Å². The van der Waals surface area contributed by atoms with Crippen molar-refractivity contribution in [2.45, 2.75) is 33.3 Å². The molecule has 2 rings (SSSR count). The van der Waals surface area contributed by atoms with Gasteiger partial charge in [-0.25, -0.2) is 4.79 Å². The van der Waals surface area contributed by atoms with Crippen LogP contribution >= 0.6 is 0 Å². The zero-order valence-corrected chi connectivity index (χ0v) is 19.1. The SMILES string of the molecule is CCOC(=O)c1ccc(NC)cc1.CCOC(C)(C)C(=O)c1ccc(N(C)C)cc1. The Labute approximate surface area is 180 Å². The molecule has 30 heavy (non-hydrogen) atoms. The van der Waals surface area contributed by atoms with Gasteiger partial charge in [-0.3, -0.25) is 4.79 Å². The lowest BCUT2D eigenvalue weighted by molar-refractivity contribution is 0.00126. The van der Waals surface area contributed by atoms with Gasteiger partial charge in [0.1, 0.15) is 5.60 Å². The second kappa shape index (κ2) is 12.0. The Balaban J connectivity index is 0.000000311. The fraction of sp³-hybridized carbons (Fsp3) is 0.417. The van der Waals surface area contributed by atoms with E-state index in [9.17, 15) is 9.59 Å². The molecule has 0 atom stereocenters. The van der Waals surface area contributed by atoms with Gasteiger partial charge in [0.15, 0.2) is 5.78 Å². The molecular formula is C24H34N2O4. The average molecular weight is 415 g/mol. The summed E-state index contributed by atoms with van der Waals surface area (Å²) in [6.45, 7) is 8.24. The second-order valence-corrected chi connectivity index (χ2v) is 7.26. The van der Waals surface area contributed by atoms with Crippen LogP contribution in [0.5, 0.6) is 0 Å². The summed E-state index contributed by atoms with van der Waals surface area (Å²) < 4.78 is 10.3. The largest absolute Gasteiger partial charge is 0.462 e. The summed E-state index contributed by atoms with van der Waals surface area (Å²) >= 11 is 0. The monoisotopic (exact) mass is 414 g/mol. The van der Waals surface area contributed by atoms with E-state index in [1.165, 1.54) is 0 Å². The summed E-state index contributed by atoms with van der Waals surface area (Å²) in [5.41, 5.74) is 2.58. The summed E-state index contributed by atoms with van der Waals surface area (Å²) in [4.78, 5) is 25.4. The van der Waals surface area contributed by atoms with Crippen LogP contribution in [-0.4, -0.2) is 51.7 Å². The van der Waals surface area contributed by atoms with E-state index in [1.54, 1.807) is 32.9 Å². The van der Waals surface area contributed by atoms with Crippen molar-refractivity contribution in [3.05, 3.63) is 59.7 Å². The Morgan fingerprint density at radius 1 is 0.900 bits per heavy atom. The Morgan fingerprint density at radius 3 is 1.87 bits per heavy atom. The molecule has 2 aromatic carbocycles. The van der Waals surface area contributed by atoms with Crippen molar-refractivity contribution in [2.24, 2.45) is 0 Å². The molecule has 0 unspecified atom stereocenters. The first-order valence-electron chi connectivity index (χ1n) is 10.1. The molecular weight excluding hydrogens is 380 g/mol. The Kier molecular flexibility index (Phi) is 10.1. The van der Waals surface area contributed by atoms with Gasteiger partial charge in [-0.05, 0) is 76.2 Å². The van der Waals surface area contributed by atoms with Crippen LogP contribution in [-0.2, 0) is 9.47 Å². The molecule has 0 saturated carbocycles. The maximum Gasteiger partial charge on any atom is 0.338 e. The third kappa shape index (κ3) is 7.52. The molecule has 0 aromatic heterocycles. The fourth-order valence-electron chi connectivity index (χ4n) is 2.67. The van der Waals surface area contributed by atoms with Crippen LogP contribution < -0.4 is 10.2 Å². The molecule has 0 aliphatic rings. The van der Waals surface area contributed by atoms with Crippen LogP contribution in [0.4, 0.5) is 11.4 Å². The molecule has 0 spiro atoms. The van der Waals surface area contributed by atoms with Crippen LogP contribution in [0, 0.1) is 0 Å². The van der Waals surface area contributed by atoms with Gasteiger partial charge in [-0.1, -0.05) is 0 Å². The first kappa shape index (κ1) is 25.2. The number of hydrogen-bond acceptors (Lipinski definition) is 6. The maximum atomic E-state index is 12.2. The first-order valence-corrected chi connectivity index (χ1v) is 10.1. The van der Waals surface area contributed by atoms with Crippen molar-refractivity contribution in [1.29, 1.82) is 0 Å². The maximum absolute atomic E-state index is 12.2. The van der Waals surface area contributed by atoms with E-state index in [-0.39, 0.29) is 11.8 Å². The highest BCUT2D eigenvalue weighted by atomic mass is 16.5. The van der Waals surface area contributed by atoms with E-state index in [0.717, 1.165) is 11.4 Å². The molecule has 0 heterocycles. The molecule has 0 aliphatic carbocycles. The molecule has 0 fully saturated rings. The van der Waals surface area contributed by atoms with Crippen molar-refractivity contribution in [2.75, 3.05) is 44.6 Å². The summed E-state index contributed by atoms with van der Waals surface area (Å²) in [5, 5.41) is 2.97. The highest BCUT2D eigenvalue weighted by Crippen LogP contribution is 2.19. The van der Waals surface area contributed by atoms with Crippen LogP contribution in [0.2, 0.25) is 0 Å². The Bertz CT molecular complexity index is 797. The quantitative estimate of drug-likeness (QED) is 0.501. The number of hydrogen-bond donors (Lipinski definition) is 1. The van der Waals surface area contributed by atoms with Gasteiger partial charge < -0.3 is 19.7 Å². The smallest absolute Gasteiger partial charge is 0.338 e. The third-order valence-corrected chi connectivity index (χ3v) is 4.38. The van der Waals surface area contributed by atoms with Gasteiger partial charge in [-0.2, -0.15) is 0 Å². The fourth-order valence-corrected chi connectivity index (χ4v) is 2.67. The first-order chi connectivity index (χ1) is 14.2. The van der Waals surface area contributed by atoms with Gasteiger partial charge in [-0.15, -0.1) is 0 Å². The Hall–Kier alpha value is -2.86. The summed E-state index contributed by atoms with van der Waals surface area (Å²) in [7, 11) is 5.78. The number of ether oxygens (including phenoxy) is 2. The predicted molar refractivity (Wildman–Crippen MR) is 123 cm³/mol. The van der Waals surface area contributed by atoms with Gasteiger partial charge in [0.05, 0.1) is 12.2 Å². The third-order valence-electron chi connectivity index (χ3n) is 4.38. The summed E-state index contributed by atoms with van der Waals surface area (Å²) in [5.74, 6) is -0.255. The van der Waals surface area contributed by atoms with Crippen LogP contribution in [0.3, 0.4) is 0 Å². The number of carbonyl (C=O) groups excluding carboxylic acids is 2. The molecule has 0 saturated heterocycles. The van der Waals surface area contributed by atoms with Crippen LogP contribution in [0.15, 0.2) is 48.5 Å². The number of nitrogens with one attached hydrogen (secondary N) is 1.